The molecule has 2 N–H and O–H groups in total. The Kier molecular flexibility index (Phi) is 2.67. The lowest BCUT2D eigenvalue weighted by molar-refractivity contribution is 0.562. The molecule has 2 aromatic rings. The summed E-state index contributed by atoms with van der Waals surface area (Å²) in [4.78, 5) is 6.52. The second kappa shape index (κ2) is 4.33. The Labute approximate surface area is 107 Å². The Morgan fingerprint density at radius 3 is 2.83 bits per heavy atom. The Balaban J connectivity index is 2.04. The summed E-state index contributed by atoms with van der Waals surface area (Å²) in [5.41, 5.74) is 9.47. The van der Waals surface area contributed by atoms with Crippen LogP contribution < -0.4 is 10.6 Å². The van der Waals surface area contributed by atoms with Crippen LogP contribution in [0.4, 0.5) is 17.2 Å². The number of nitrogen functional groups attached to an aromatic ring is 1. The normalized spacial score (nSPS) is 18.5. The Hall–Kier alpha value is -2.03. The third-order valence-corrected chi connectivity index (χ3v) is 3.43. The maximum Gasteiger partial charge on any atom is 0.123 e. The van der Waals surface area contributed by atoms with E-state index in [1.165, 1.54) is 11.3 Å². The lowest BCUT2D eigenvalue weighted by Gasteiger charge is -2.34. The average molecular weight is 239 g/mol. The highest BCUT2D eigenvalue weighted by atomic mass is 15.2. The van der Waals surface area contributed by atoms with Gasteiger partial charge in [0.15, 0.2) is 0 Å². The number of rotatable bonds is 1. The molecule has 1 aliphatic heterocycles. The van der Waals surface area contributed by atoms with Crippen LogP contribution in [0.3, 0.4) is 0 Å². The van der Waals surface area contributed by atoms with Gasteiger partial charge in [-0.25, -0.2) is 4.98 Å². The van der Waals surface area contributed by atoms with E-state index in [1.54, 1.807) is 0 Å². The van der Waals surface area contributed by atoms with Crippen molar-refractivity contribution < 1.29 is 0 Å². The molecule has 3 heteroatoms. The van der Waals surface area contributed by atoms with E-state index in [-0.39, 0.29) is 0 Å². The molecule has 0 amide bonds. The number of pyridine rings is 1. The summed E-state index contributed by atoms with van der Waals surface area (Å²) in [6.07, 6.45) is 3.00. The van der Waals surface area contributed by atoms with Crippen molar-refractivity contribution in [2.75, 3.05) is 17.2 Å². The van der Waals surface area contributed by atoms with Crippen LogP contribution in [-0.2, 0) is 6.42 Å². The van der Waals surface area contributed by atoms with Gasteiger partial charge in [-0.2, -0.15) is 0 Å². The number of nitrogens with two attached hydrogens (primary N) is 1. The SMILES string of the molecule is CC1Cc2ccccc2N(c2ccc(N)nc2)C1. The fraction of sp³-hybridized carbons (Fsp3) is 0.267. The predicted octanol–water partition coefficient (Wildman–Crippen LogP) is 2.99. The van der Waals surface area contributed by atoms with Crippen LogP contribution >= 0.6 is 0 Å². The van der Waals surface area contributed by atoms with Crippen molar-refractivity contribution in [1.29, 1.82) is 0 Å². The van der Waals surface area contributed by atoms with Gasteiger partial charge in [0.25, 0.3) is 0 Å². The largest absolute Gasteiger partial charge is 0.384 e. The molecule has 1 aromatic heterocycles. The number of para-hydroxylation sites is 1. The Morgan fingerprint density at radius 2 is 2.06 bits per heavy atom. The Morgan fingerprint density at radius 1 is 1.22 bits per heavy atom. The zero-order valence-corrected chi connectivity index (χ0v) is 10.5. The second-order valence-corrected chi connectivity index (χ2v) is 4.99. The molecule has 0 saturated heterocycles. The zero-order chi connectivity index (χ0) is 12.5. The van der Waals surface area contributed by atoms with Crippen molar-refractivity contribution in [3.63, 3.8) is 0 Å². The van der Waals surface area contributed by atoms with Crippen molar-refractivity contribution in [1.82, 2.24) is 4.98 Å². The number of hydrogen-bond acceptors (Lipinski definition) is 3. The highest BCUT2D eigenvalue weighted by Gasteiger charge is 2.22. The summed E-state index contributed by atoms with van der Waals surface area (Å²) < 4.78 is 0. The lowest BCUT2D eigenvalue weighted by atomic mass is 9.93. The van der Waals surface area contributed by atoms with Crippen LogP contribution in [0.1, 0.15) is 12.5 Å². The van der Waals surface area contributed by atoms with Gasteiger partial charge in [-0.3, -0.25) is 0 Å². The number of benzene rings is 1. The number of fused-ring (bicyclic) bond motifs is 1. The predicted molar refractivity (Wildman–Crippen MR) is 75.0 cm³/mol. The van der Waals surface area contributed by atoms with Gasteiger partial charge in [0.1, 0.15) is 5.82 Å². The Bertz CT molecular complexity index is 548. The highest BCUT2D eigenvalue weighted by Crippen LogP contribution is 2.34. The van der Waals surface area contributed by atoms with Crippen LogP contribution in [-0.4, -0.2) is 11.5 Å². The molecular weight excluding hydrogens is 222 g/mol. The van der Waals surface area contributed by atoms with Crippen LogP contribution in [0.25, 0.3) is 0 Å². The third-order valence-electron chi connectivity index (χ3n) is 3.43. The molecule has 3 rings (SSSR count). The topological polar surface area (TPSA) is 42.1 Å². The first-order valence-electron chi connectivity index (χ1n) is 6.31. The number of aromatic nitrogens is 1. The quantitative estimate of drug-likeness (QED) is 0.831. The van der Waals surface area contributed by atoms with E-state index in [4.69, 9.17) is 5.73 Å². The van der Waals surface area contributed by atoms with Crippen molar-refractivity contribution in [2.45, 2.75) is 13.3 Å². The second-order valence-electron chi connectivity index (χ2n) is 4.99. The molecule has 1 atom stereocenters. The van der Waals surface area contributed by atoms with E-state index < -0.39 is 0 Å². The summed E-state index contributed by atoms with van der Waals surface area (Å²) in [6, 6.07) is 12.5. The number of nitrogens with zero attached hydrogens (tertiary/aromatic N) is 2. The molecule has 18 heavy (non-hydrogen) atoms. The van der Waals surface area contributed by atoms with E-state index in [9.17, 15) is 0 Å². The standard InChI is InChI=1S/C15H17N3/c1-11-8-12-4-2-3-5-14(12)18(10-11)13-6-7-15(16)17-9-13/h2-7,9,11H,8,10H2,1H3,(H2,16,17). The third kappa shape index (κ3) is 1.92. The molecule has 0 bridgehead atoms. The van der Waals surface area contributed by atoms with Gasteiger partial charge in [-0.1, -0.05) is 25.1 Å². The van der Waals surface area contributed by atoms with E-state index in [0.717, 1.165) is 18.7 Å². The molecule has 0 aliphatic carbocycles. The highest BCUT2D eigenvalue weighted by molar-refractivity contribution is 5.67. The first-order chi connectivity index (χ1) is 8.74. The molecule has 0 fully saturated rings. The molecule has 0 spiro atoms. The molecule has 1 aliphatic rings. The lowest BCUT2D eigenvalue weighted by Crippen LogP contribution is -2.30. The van der Waals surface area contributed by atoms with Crippen molar-refractivity contribution in [3.8, 4) is 0 Å². The molecule has 92 valence electrons. The van der Waals surface area contributed by atoms with Gasteiger partial charge < -0.3 is 10.6 Å². The van der Waals surface area contributed by atoms with Gasteiger partial charge in [-0.15, -0.1) is 0 Å². The maximum atomic E-state index is 5.65. The van der Waals surface area contributed by atoms with Crippen LogP contribution in [0, 0.1) is 5.92 Å². The minimum absolute atomic E-state index is 0.567. The first kappa shape index (κ1) is 11.1. The van der Waals surface area contributed by atoms with Gasteiger partial charge in [0.2, 0.25) is 0 Å². The zero-order valence-electron chi connectivity index (χ0n) is 10.5. The van der Waals surface area contributed by atoms with Gasteiger partial charge in [0, 0.05) is 12.2 Å². The fourth-order valence-corrected chi connectivity index (χ4v) is 2.60. The van der Waals surface area contributed by atoms with Crippen molar-refractivity contribution in [3.05, 3.63) is 48.2 Å². The molecule has 3 nitrogen and oxygen atoms in total. The summed E-state index contributed by atoms with van der Waals surface area (Å²) in [5.74, 6) is 1.22. The summed E-state index contributed by atoms with van der Waals surface area (Å²) in [5, 5.41) is 0. The summed E-state index contributed by atoms with van der Waals surface area (Å²) in [7, 11) is 0. The maximum absolute atomic E-state index is 5.65. The molecule has 1 aromatic carbocycles. The van der Waals surface area contributed by atoms with E-state index >= 15 is 0 Å². The molecule has 2 heterocycles. The van der Waals surface area contributed by atoms with Gasteiger partial charge in [-0.05, 0) is 36.1 Å². The average Bonchev–Trinajstić information content (AvgIpc) is 2.38. The summed E-state index contributed by atoms with van der Waals surface area (Å²) in [6.45, 7) is 3.32. The van der Waals surface area contributed by atoms with E-state index in [2.05, 4.69) is 41.1 Å². The fourth-order valence-electron chi connectivity index (χ4n) is 2.60. The minimum Gasteiger partial charge on any atom is -0.384 e. The van der Waals surface area contributed by atoms with Crippen LogP contribution in [0.15, 0.2) is 42.6 Å². The molecular formula is C15H17N3. The van der Waals surface area contributed by atoms with Gasteiger partial charge >= 0.3 is 0 Å². The van der Waals surface area contributed by atoms with E-state index in [1.807, 2.05) is 18.3 Å². The van der Waals surface area contributed by atoms with Crippen molar-refractivity contribution in [2.24, 2.45) is 5.92 Å². The van der Waals surface area contributed by atoms with Crippen molar-refractivity contribution >= 4 is 17.2 Å². The molecule has 0 saturated carbocycles. The monoisotopic (exact) mass is 239 g/mol. The number of anilines is 3. The van der Waals surface area contributed by atoms with Gasteiger partial charge in [0.05, 0.1) is 11.9 Å². The first-order valence-corrected chi connectivity index (χ1v) is 6.31. The molecule has 0 radical (unpaired) electrons. The molecule has 1 unspecified atom stereocenters. The summed E-state index contributed by atoms with van der Waals surface area (Å²) >= 11 is 0. The minimum atomic E-state index is 0.567. The smallest absolute Gasteiger partial charge is 0.123 e. The van der Waals surface area contributed by atoms with Crippen LogP contribution in [0.2, 0.25) is 0 Å². The van der Waals surface area contributed by atoms with E-state index in [0.29, 0.717) is 11.7 Å². The van der Waals surface area contributed by atoms with Crippen LogP contribution in [0.5, 0.6) is 0 Å². The number of hydrogen-bond donors (Lipinski definition) is 1.